The summed E-state index contributed by atoms with van der Waals surface area (Å²) in [6.45, 7) is 5.03. The molecule has 0 aliphatic carbocycles. The summed E-state index contributed by atoms with van der Waals surface area (Å²) in [6, 6.07) is 4.32. The zero-order valence-corrected chi connectivity index (χ0v) is 12.5. The fourth-order valence-corrected chi connectivity index (χ4v) is 2.83. The van der Waals surface area contributed by atoms with E-state index < -0.39 is 0 Å². The Morgan fingerprint density at radius 1 is 1.56 bits per heavy atom. The number of hydrogen-bond donors (Lipinski definition) is 2. The molecular weight excluding hydrogens is 266 g/mol. The highest BCUT2D eigenvalue weighted by atomic mass is 33.1. The number of thiol groups is 2. The maximum atomic E-state index is 5.22. The molecule has 0 aliphatic heterocycles. The molecule has 0 bridgehead atoms. The van der Waals surface area contributed by atoms with Crippen LogP contribution < -0.4 is 4.57 Å². The molecule has 0 radical (unpaired) electrons. The van der Waals surface area contributed by atoms with Crippen LogP contribution in [0, 0.1) is 6.92 Å². The number of hydrogen-bond acceptors (Lipinski definition) is 4. The van der Waals surface area contributed by atoms with Crippen LogP contribution in [0.1, 0.15) is 24.4 Å². The van der Waals surface area contributed by atoms with Crippen molar-refractivity contribution in [3.8, 4) is 0 Å². The highest BCUT2D eigenvalue weighted by Crippen LogP contribution is 2.35. The van der Waals surface area contributed by atoms with E-state index in [2.05, 4.69) is 64.9 Å². The SMILES string of the molecule is Cc1cc([SH](C)S)cc[n+]1CC(C)c1nnco1. The first-order chi connectivity index (χ1) is 8.58. The lowest BCUT2D eigenvalue weighted by Crippen LogP contribution is -2.39. The summed E-state index contributed by atoms with van der Waals surface area (Å²) in [4.78, 5) is 1.30. The van der Waals surface area contributed by atoms with Crippen LogP contribution in [0.15, 0.2) is 34.0 Å². The van der Waals surface area contributed by atoms with Gasteiger partial charge in [-0.25, -0.2) is 4.57 Å². The first kappa shape index (κ1) is 13.4. The monoisotopic (exact) mass is 284 g/mol. The first-order valence-electron chi connectivity index (χ1n) is 5.76. The molecular formula is C12H18N3OS2+. The van der Waals surface area contributed by atoms with Gasteiger partial charge in [-0.15, -0.1) is 21.9 Å². The number of aromatic nitrogens is 3. The van der Waals surface area contributed by atoms with Crippen LogP contribution in [0.3, 0.4) is 0 Å². The molecule has 18 heavy (non-hydrogen) atoms. The van der Waals surface area contributed by atoms with Gasteiger partial charge in [0.15, 0.2) is 18.4 Å². The maximum Gasteiger partial charge on any atom is 0.225 e. The molecule has 0 amide bonds. The highest BCUT2D eigenvalue weighted by Gasteiger charge is 2.18. The van der Waals surface area contributed by atoms with E-state index in [0.717, 1.165) is 6.54 Å². The lowest BCUT2D eigenvalue weighted by molar-refractivity contribution is -0.705. The Kier molecular flexibility index (Phi) is 4.29. The molecule has 0 saturated heterocycles. The van der Waals surface area contributed by atoms with Gasteiger partial charge in [-0.2, -0.15) is 9.93 Å². The Morgan fingerprint density at radius 3 is 2.89 bits per heavy atom. The predicted molar refractivity (Wildman–Crippen MR) is 76.2 cm³/mol. The third-order valence-electron chi connectivity index (χ3n) is 2.88. The molecule has 2 aromatic heterocycles. The van der Waals surface area contributed by atoms with Gasteiger partial charge in [-0.05, 0) is 13.2 Å². The fraction of sp³-hybridized carbons (Fsp3) is 0.417. The van der Waals surface area contributed by atoms with Crippen LogP contribution in [0.25, 0.3) is 0 Å². The standard InChI is InChI=1S/C12H17N3OS2/c1-9(12-14-13-8-16-12)7-15-5-4-11(18(3)17)6-10(15)2/h4-6,8-9,18H,7H2,1-3H3/p+1. The number of pyridine rings is 1. The van der Waals surface area contributed by atoms with E-state index in [1.165, 1.54) is 17.0 Å². The van der Waals surface area contributed by atoms with Gasteiger partial charge in [-0.3, -0.25) is 0 Å². The second kappa shape index (κ2) is 5.75. The van der Waals surface area contributed by atoms with Gasteiger partial charge in [0, 0.05) is 24.0 Å². The molecule has 2 heterocycles. The van der Waals surface area contributed by atoms with Crippen molar-refractivity contribution >= 4 is 21.6 Å². The van der Waals surface area contributed by atoms with E-state index in [1.807, 2.05) is 0 Å². The molecule has 0 fully saturated rings. The van der Waals surface area contributed by atoms with Crippen molar-refractivity contribution < 1.29 is 8.98 Å². The smallest absolute Gasteiger partial charge is 0.225 e. The minimum Gasteiger partial charge on any atom is -0.427 e. The van der Waals surface area contributed by atoms with Crippen molar-refractivity contribution in [2.75, 3.05) is 6.26 Å². The Hall–Kier alpha value is -1.01. The van der Waals surface area contributed by atoms with Gasteiger partial charge >= 0.3 is 0 Å². The lowest BCUT2D eigenvalue weighted by atomic mass is 10.1. The molecule has 2 atom stereocenters. The molecule has 4 nitrogen and oxygen atoms in total. The largest absolute Gasteiger partial charge is 0.427 e. The summed E-state index contributed by atoms with van der Waals surface area (Å²) in [5, 5.41) is 7.66. The van der Waals surface area contributed by atoms with Crippen molar-refractivity contribution in [1.82, 2.24) is 10.2 Å². The Morgan fingerprint density at radius 2 is 2.33 bits per heavy atom. The number of aryl methyl sites for hydroxylation is 1. The van der Waals surface area contributed by atoms with E-state index >= 15 is 0 Å². The summed E-state index contributed by atoms with van der Waals surface area (Å²) in [5.74, 6) is 0.888. The molecule has 98 valence electrons. The Balaban J connectivity index is 2.15. The van der Waals surface area contributed by atoms with Crippen molar-refractivity contribution in [2.24, 2.45) is 0 Å². The zero-order valence-electron chi connectivity index (χ0n) is 10.7. The maximum absolute atomic E-state index is 5.22. The van der Waals surface area contributed by atoms with Crippen molar-refractivity contribution in [3.63, 3.8) is 0 Å². The number of rotatable bonds is 4. The van der Waals surface area contributed by atoms with Crippen LogP contribution in [-0.4, -0.2) is 16.5 Å². The van der Waals surface area contributed by atoms with E-state index in [-0.39, 0.29) is 15.8 Å². The van der Waals surface area contributed by atoms with Crippen LogP contribution >= 0.6 is 21.6 Å². The van der Waals surface area contributed by atoms with E-state index in [1.54, 1.807) is 0 Å². The molecule has 0 N–H and O–H groups in total. The topological polar surface area (TPSA) is 42.8 Å². The van der Waals surface area contributed by atoms with Gasteiger partial charge < -0.3 is 4.42 Å². The van der Waals surface area contributed by atoms with Crippen LogP contribution in [0.4, 0.5) is 0 Å². The van der Waals surface area contributed by atoms with Crippen molar-refractivity contribution in [1.29, 1.82) is 0 Å². The molecule has 2 rings (SSSR count). The van der Waals surface area contributed by atoms with Gasteiger partial charge in [0.05, 0.1) is 5.92 Å². The van der Waals surface area contributed by atoms with Crippen molar-refractivity contribution in [2.45, 2.75) is 31.2 Å². The minimum absolute atomic E-state index is 0.209. The average molecular weight is 284 g/mol. The fourth-order valence-electron chi connectivity index (χ4n) is 1.80. The number of nitrogens with zero attached hydrogens (tertiary/aromatic N) is 3. The summed E-state index contributed by atoms with van der Waals surface area (Å²) in [6.07, 6.45) is 5.61. The van der Waals surface area contributed by atoms with Crippen LogP contribution in [-0.2, 0) is 6.54 Å². The van der Waals surface area contributed by atoms with E-state index in [9.17, 15) is 0 Å². The predicted octanol–water partition coefficient (Wildman–Crippen LogP) is 2.30. The van der Waals surface area contributed by atoms with Gasteiger partial charge in [0.1, 0.15) is 0 Å². The van der Waals surface area contributed by atoms with Crippen LogP contribution in [0.5, 0.6) is 0 Å². The Labute approximate surface area is 115 Å². The molecule has 0 saturated carbocycles. The van der Waals surface area contributed by atoms with Gasteiger partial charge in [0.2, 0.25) is 12.3 Å². The highest BCUT2D eigenvalue weighted by molar-refractivity contribution is 8.77. The van der Waals surface area contributed by atoms with Gasteiger partial charge in [-0.1, -0.05) is 0 Å². The first-order valence-corrected chi connectivity index (χ1v) is 8.71. The second-order valence-electron chi connectivity index (χ2n) is 4.38. The van der Waals surface area contributed by atoms with E-state index in [0.29, 0.717) is 5.89 Å². The average Bonchev–Trinajstić information content (AvgIpc) is 2.85. The summed E-state index contributed by atoms with van der Waals surface area (Å²) < 4.78 is 7.42. The third-order valence-corrected chi connectivity index (χ3v) is 4.60. The second-order valence-corrected chi connectivity index (χ2v) is 7.74. The summed E-state index contributed by atoms with van der Waals surface area (Å²) in [7, 11) is -0.340. The lowest BCUT2D eigenvalue weighted by Gasteiger charge is -2.10. The summed E-state index contributed by atoms with van der Waals surface area (Å²) >= 11 is 4.51. The molecule has 0 aliphatic rings. The zero-order chi connectivity index (χ0) is 13.1. The minimum atomic E-state index is -0.340. The molecule has 0 aromatic carbocycles. The summed E-state index contributed by atoms with van der Waals surface area (Å²) in [5.41, 5.74) is 1.22. The van der Waals surface area contributed by atoms with E-state index in [4.69, 9.17) is 4.42 Å². The Bertz CT molecular complexity index is 514. The normalized spacial score (nSPS) is 15.4. The quantitative estimate of drug-likeness (QED) is 0.514. The van der Waals surface area contributed by atoms with Crippen LogP contribution in [0.2, 0.25) is 0 Å². The molecule has 6 heteroatoms. The van der Waals surface area contributed by atoms with Crippen molar-refractivity contribution in [3.05, 3.63) is 36.3 Å². The molecule has 2 aromatic rings. The third kappa shape index (κ3) is 3.05. The van der Waals surface area contributed by atoms with Gasteiger partial charge in [0.25, 0.3) is 0 Å². The molecule has 2 unspecified atom stereocenters. The molecule has 0 spiro atoms.